The molecule has 0 unspecified atom stereocenters. The Morgan fingerprint density at radius 2 is 2.13 bits per heavy atom. The molecule has 2 nitrogen and oxygen atoms in total. The monoisotopic (exact) mass is 245 g/mol. The molecule has 0 saturated heterocycles. The van der Waals surface area contributed by atoms with Crippen molar-refractivity contribution >= 4 is 23.2 Å². The van der Waals surface area contributed by atoms with E-state index in [0.717, 1.165) is 5.57 Å². The lowest BCUT2D eigenvalue weighted by Crippen LogP contribution is -2.10. The summed E-state index contributed by atoms with van der Waals surface area (Å²) in [4.78, 5) is 0. The topological polar surface area (TPSA) is 46.2 Å². The van der Waals surface area contributed by atoms with Gasteiger partial charge in [0.15, 0.2) is 0 Å². The third kappa shape index (κ3) is 2.88. The van der Waals surface area contributed by atoms with Crippen molar-refractivity contribution in [3.63, 3.8) is 0 Å². The van der Waals surface area contributed by atoms with Crippen LogP contribution in [0.3, 0.4) is 0 Å². The smallest absolute Gasteiger partial charge is 0.140 e. The second-order valence-corrected chi connectivity index (χ2v) is 4.35. The van der Waals surface area contributed by atoms with Gasteiger partial charge in [-0.3, -0.25) is 0 Å². The van der Waals surface area contributed by atoms with Gasteiger partial charge in [0, 0.05) is 11.6 Å². The molecule has 0 amide bonds. The van der Waals surface area contributed by atoms with Crippen LogP contribution in [0.1, 0.15) is 24.9 Å². The first-order valence-electron chi connectivity index (χ1n) is 4.50. The molecule has 1 rings (SSSR count). The predicted molar refractivity (Wildman–Crippen MR) is 64.5 cm³/mol. The molecule has 1 aromatic carbocycles. The lowest BCUT2D eigenvalue weighted by atomic mass is 10.0. The number of rotatable bonds is 3. The number of phenols is 1. The molecule has 0 aliphatic rings. The Balaban J connectivity index is 3.05. The van der Waals surface area contributed by atoms with Gasteiger partial charge in [-0.25, -0.2) is 0 Å². The third-order valence-electron chi connectivity index (χ3n) is 2.07. The van der Waals surface area contributed by atoms with Crippen molar-refractivity contribution in [1.29, 1.82) is 0 Å². The molecule has 0 aromatic heterocycles. The van der Waals surface area contributed by atoms with Crippen LogP contribution in [-0.4, -0.2) is 5.11 Å². The van der Waals surface area contributed by atoms with E-state index in [9.17, 15) is 5.11 Å². The molecule has 0 aliphatic carbocycles. The van der Waals surface area contributed by atoms with E-state index < -0.39 is 0 Å². The van der Waals surface area contributed by atoms with Gasteiger partial charge in [-0.05, 0) is 19.4 Å². The van der Waals surface area contributed by atoms with Gasteiger partial charge >= 0.3 is 0 Å². The van der Waals surface area contributed by atoms with E-state index >= 15 is 0 Å². The van der Waals surface area contributed by atoms with E-state index in [-0.39, 0.29) is 16.8 Å². The fourth-order valence-corrected chi connectivity index (χ4v) is 1.66. The summed E-state index contributed by atoms with van der Waals surface area (Å²) in [6.07, 6.45) is 0.603. The zero-order valence-electron chi connectivity index (χ0n) is 8.43. The van der Waals surface area contributed by atoms with Crippen LogP contribution in [-0.2, 0) is 0 Å². The maximum absolute atomic E-state index is 9.74. The van der Waals surface area contributed by atoms with Gasteiger partial charge in [0.2, 0.25) is 0 Å². The average molecular weight is 246 g/mol. The highest BCUT2D eigenvalue weighted by atomic mass is 35.5. The quantitative estimate of drug-likeness (QED) is 0.799. The lowest BCUT2D eigenvalue weighted by Gasteiger charge is -2.14. The molecule has 0 fully saturated rings. The molecule has 15 heavy (non-hydrogen) atoms. The number of hydrogen-bond acceptors (Lipinski definition) is 2. The van der Waals surface area contributed by atoms with Gasteiger partial charge in [0.1, 0.15) is 10.8 Å². The molecule has 82 valence electrons. The zero-order valence-corrected chi connectivity index (χ0v) is 9.94. The van der Waals surface area contributed by atoms with Crippen LogP contribution in [0.2, 0.25) is 10.0 Å². The van der Waals surface area contributed by atoms with Crippen molar-refractivity contribution in [2.24, 2.45) is 5.73 Å². The van der Waals surface area contributed by atoms with E-state index in [2.05, 4.69) is 6.58 Å². The average Bonchev–Trinajstić information content (AvgIpc) is 2.13. The van der Waals surface area contributed by atoms with Crippen molar-refractivity contribution in [3.05, 3.63) is 39.9 Å². The SMILES string of the molecule is C=C(C)C[C@@H](N)c1ccc(Cl)c(Cl)c1O. The van der Waals surface area contributed by atoms with Crippen molar-refractivity contribution in [2.45, 2.75) is 19.4 Å². The van der Waals surface area contributed by atoms with Crippen LogP contribution in [0, 0.1) is 0 Å². The normalized spacial score (nSPS) is 12.5. The first-order chi connectivity index (χ1) is 6.93. The van der Waals surface area contributed by atoms with Gasteiger partial charge in [0.25, 0.3) is 0 Å². The van der Waals surface area contributed by atoms with Gasteiger partial charge in [0.05, 0.1) is 5.02 Å². The summed E-state index contributed by atoms with van der Waals surface area (Å²) < 4.78 is 0. The van der Waals surface area contributed by atoms with Gasteiger partial charge < -0.3 is 10.8 Å². The van der Waals surface area contributed by atoms with E-state index in [4.69, 9.17) is 28.9 Å². The van der Waals surface area contributed by atoms with E-state index in [0.29, 0.717) is 17.0 Å². The number of aromatic hydroxyl groups is 1. The number of benzene rings is 1. The number of halogens is 2. The van der Waals surface area contributed by atoms with Crippen molar-refractivity contribution < 1.29 is 5.11 Å². The summed E-state index contributed by atoms with van der Waals surface area (Å²) in [6.45, 7) is 5.65. The molecule has 0 heterocycles. The third-order valence-corrected chi connectivity index (χ3v) is 2.86. The Labute approximate surface area is 99.3 Å². The largest absolute Gasteiger partial charge is 0.506 e. The Hall–Kier alpha value is -0.700. The molecule has 4 heteroatoms. The van der Waals surface area contributed by atoms with Gasteiger partial charge in [-0.1, -0.05) is 34.8 Å². The Morgan fingerprint density at radius 1 is 1.53 bits per heavy atom. The summed E-state index contributed by atoms with van der Waals surface area (Å²) >= 11 is 11.5. The Kier molecular flexibility index (Phi) is 4.03. The molecular formula is C11H13Cl2NO. The highest BCUT2D eigenvalue weighted by Gasteiger charge is 2.15. The van der Waals surface area contributed by atoms with Gasteiger partial charge in [-0.15, -0.1) is 6.58 Å². The maximum atomic E-state index is 9.74. The number of nitrogens with two attached hydrogens (primary N) is 1. The van der Waals surface area contributed by atoms with E-state index in [1.165, 1.54) is 0 Å². The minimum atomic E-state index is -0.308. The molecule has 0 radical (unpaired) electrons. The van der Waals surface area contributed by atoms with Crippen LogP contribution in [0.25, 0.3) is 0 Å². The van der Waals surface area contributed by atoms with Crippen molar-refractivity contribution in [2.75, 3.05) is 0 Å². The molecule has 0 spiro atoms. The fraction of sp³-hybridized carbons (Fsp3) is 0.273. The van der Waals surface area contributed by atoms with Crippen molar-refractivity contribution in [3.8, 4) is 5.75 Å². The van der Waals surface area contributed by atoms with Crippen LogP contribution in [0.5, 0.6) is 5.75 Å². The molecule has 0 aliphatic heterocycles. The zero-order chi connectivity index (χ0) is 11.6. The Bertz CT molecular complexity index is 390. The van der Waals surface area contributed by atoms with Gasteiger partial charge in [-0.2, -0.15) is 0 Å². The first-order valence-corrected chi connectivity index (χ1v) is 5.26. The molecule has 1 atom stereocenters. The number of hydrogen-bond donors (Lipinski definition) is 2. The van der Waals surface area contributed by atoms with Crippen LogP contribution >= 0.6 is 23.2 Å². The highest BCUT2D eigenvalue weighted by molar-refractivity contribution is 6.43. The second kappa shape index (κ2) is 4.88. The van der Waals surface area contributed by atoms with Crippen LogP contribution in [0.4, 0.5) is 0 Å². The molecule has 0 saturated carbocycles. The van der Waals surface area contributed by atoms with Crippen molar-refractivity contribution in [1.82, 2.24) is 0 Å². The maximum Gasteiger partial charge on any atom is 0.140 e. The summed E-state index contributed by atoms with van der Waals surface area (Å²) in [7, 11) is 0. The minimum Gasteiger partial charge on any atom is -0.506 e. The van der Waals surface area contributed by atoms with Crippen LogP contribution in [0.15, 0.2) is 24.3 Å². The van der Waals surface area contributed by atoms with E-state index in [1.807, 2.05) is 6.92 Å². The standard InChI is InChI=1S/C11H13Cl2NO/c1-6(2)5-9(14)7-3-4-8(12)10(13)11(7)15/h3-4,9,15H,1,5,14H2,2H3/t9-/m1/s1. The summed E-state index contributed by atoms with van der Waals surface area (Å²) in [6, 6.07) is 2.99. The summed E-state index contributed by atoms with van der Waals surface area (Å²) in [5.41, 5.74) is 7.44. The lowest BCUT2D eigenvalue weighted by molar-refractivity contribution is 0.461. The number of phenolic OH excluding ortho intramolecular Hbond substituents is 1. The summed E-state index contributed by atoms with van der Waals surface area (Å²) in [5, 5.41) is 10.2. The molecule has 0 bridgehead atoms. The molecule has 1 aromatic rings. The Morgan fingerprint density at radius 3 is 2.67 bits per heavy atom. The summed E-state index contributed by atoms with van der Waals surface area (Å²) in [5.74, 6) is -0.0436. The minimum absolute atomic E-state index is 0.0436. The van der Waals surface area contributed by atoms with E-state index in [1.54, 1.807) is 12.1 Å². The fourth-order valence-electron chi connectivity index (χ4n) is 1.34. The highest BCUT2D eigenvalue weighted by Crippen LogP contribution is 2.37. The second-order valence-electron chi connectivity index (χ2n) is 3.57. The molecular weight excluding hydrogens is 233 g/mol. The predicted octanol–water partition coefficient (Wildman–Crippen LogP) is 3.67. The van der Waals surface area contributed by atoms with Crippen LogP contribution < -0.4 is 5.73 Å². The molecule has 3 N–H and O–H groups in total. The first kappa shape index (κ1) is 12.4.